The number of methoxy groups -OCH3 is 1. The highest BCUT2D eigenvalue weighted by Crippen LogP contribution is 2.52. The van der Waals surface area contributed by atoms with E-state index in [0.717, 1.165) is 55.6 Å². The van der Waals surface area contributed by atoms with Gasteiger partial charge in [0.25, 0.3) is 0 Å². The van der Waals surface area contributed by atoms with Gasteiger partial charge in [0, 0.05) is 24.8 Å². The van der Waals surface area contributed by atoms with Gasteiger partial charge in [-0.25, -0.2) is 0 Å². The first-order valence-corrected chi connectivity index (χ1v) is 9.08. The molecule has 1 aliphatic heterocycles. The van der Waals surface area contributed by atoms with Crippen LogP contribution in [0.15, 0.2) is 36.7 Å². The van der Waals surface area contributed by atoms with Crippen molar-refractivity contribution in [2.24, 2.45) is 0 Å². The van der Waals surface area contributed by atoms with Gasteiger partial charge in [0.15, 0.2) is 0 Å². The maximum atomic E-state index is 13.4. The van der Waals surface area contributed by atoms with E-state index in [1.807, 2.05) is 40.0 Å². The van der Waals surface area contributed by atoms with Crippen molar-refractivity contribution in [3.63, 3.8) is 0 Å². The van der Waals surface area contributed by atoms with Crippen molar-refractivity contribution in [2.75, 3.05) is 20.2 Å². The van der Waals surface area contributed by atoms with E-state index in [2.05, 4.69) is 18.2 Å². The summed E-state index contributed by atoms with van der Waals surface area (Å²) in [6, 6.07) is 8.23. The molecule has 0 spiro atoms. The number of benzene rings is 1. The van der Waals surface area contributed by atoms with Crippen LogP contribution >= 0.6 is 0 Å². The number of carbonyl (C=O) groups is 1. The second-order valence-corrected chi connectivity index (χ2v) is 7.33. The van der Waals surface area contributed by atoms with Gasteiger partial charge in [-0.3, -0.25) is 9.48 Å². The molecule has 4 rings (SSSR count). The molecule has 0 bridgehead atoms. The summed E-state index contributed by atoms with van der Waals surface area (Å²) in [5.74, 6) is 1.08. The maximum absolute atomic E-state index is 13.4. The van der Waals surface area contributed by atoms with Gasteiger partial charge in [-0.2, -0.15) is 5.10 Å². The summed E-state index contributed by atoms with van der Waals surface area (Å²) in [7, 11) is 1.68. The molecule has 132 valence electrons. The number of nitrogens with zero attached hydrogens (tertiary/aromatic N) is 3. The van der Waals surface area contributed by atoms with E-state index in [1.165, 1.54) is 0 Å². The maximum Gasteiger partial charge on any atom is 0.233 e. The predicted octanol–water partition coefficient (Wildman–Crippen LogP) is 3.10. The summed E-state index contributed by atoms with van der Waals surface area (Å²) in [6.07, 6.45) is 7.89. The van der Waals surface area contributed by atoms with Crippen LogP contribution in [0.5, 0.6) is 5.75 Å². The van der Waals surface area contributed by atoms with E-state index in [0.29, 0.717) is 0 Å². The van der Waals surface area contributed by atoms with E-state index in [4.69, 9.17) is 4.74 Å². The average Bonchev–Trinajstić information content (AvgIpc) is 3.35. The number of aromatic nitrogens is 2. The summed E-state index contributed by atoms with van der Waals surface area (Å²) in [5, 5.41) is 4.46. The monoisotopic (exact) mass is 339 g/mol. The molecular formula is C20H25N3O2. The van der Waals surface area contributed by atoms with Crippen LogP contribution in [0.4, 0.5) is 0 Å². The van der Waals surface area contributed by atoms with Crippen LogP contribution < -0.4 is 4.74 Å². The lowest BCUT2D eigenvalue weighted by Gasteiger charge is -2.35. The number of amides is 1. The van der Waals surface area contributed by atoms with E-state index >= 15 is 0 Å². The molecule has 25 heavy (non-hydrogen) atoms. The SMILES string of the molecule is COc1ccccc1C1(C(=O)N2CCCC(n3cc(C)cn3)C2)CC1. The zero-order valence-electron chi connectivity index (χ0n) is 14.9. The highest BCUT2D eigenvalue weighted by molar-refractivity contribution is 5.92. The largest absolute Gasteiger partial charge is 0.496 e. The Balaban J connectivity index is 1.56. The quantitative estimate of drug-likeness (QED) is 0.860. The Morgan fingerprint density at radius 2 is 2.12 bits per heavy atom. The van der Waals surface area contributed by atoms with Gasteiger partial charge in [-0.05, 0) is 44.2 Å². The minimum absolute atomic E-state index is 0.255. The van der Waals surface area contributed by atoms with Gasteiger partial charge in [0.2, 0.25) is 5.91 Å². The minimum atomic E-state index is -0.380. The fourth-order valence-corrected chi connectivity index (χ4v) is 4.05. The lowest BCUT2D eigenvalue weighted by atomic mass is 9.92. The number of piperidine rings is 1. The second-order valence-electron chi connectivity index (χ2n) is 7.33. The zero-order valence-corrected chi connectivity index (χ0v) is 14.9. The van der Waals surface area contributed by atoms with Gasteiger partial charge in [0.05, 0.1) is 24.8 Å². The summed E-state index contributed by atoms with van der Waals surface area (Å²) in [4.78, 5) is 15.4. The predicted molar refractivity (Wildman–Crippen MR) is 95.7 cm³/mol. The topological polar surface area (TPSA) is 47.4 Å². The Hall–Kier alpha value is -2.30. The van der Waals surface area contributed by atoms with Crippen LogP contribution in [0.3, 0.4) is 0 Å². The van der Waals surface area contributed by atoms with E-state index in [-0.39, 0.29) is 17.4 Å². The van der Waals surface area contributed by atoms with Gasteiger partial charge in [-0.1, -0.05) is 18.2 Å². The van der Waals surface area contributed by atoms with Crippen molar-refractivity contribution in [1.82, 2.24) is 14.7 Å². The minimum Gasteiger partial charge on any atom is -0.496 e. The Bertz CT molecular complexity index is 779. The molecule has 2 aromatic rings. The molecule has 0 radical (unpaired) electrons. The van der Waals surface area contributed by atoms with Crippen LogP contribution in [0.25, 0.3) is 0 Å². The van der Waals surface area contributed by atoms with Gasteiger partial charge < -0.3 is 9.64 Å². The second kappa shape index (κ2) is 6.21. The van der Waals surface area contributed by atoms with Crippen LogP contribution in [0.1, 0.15) is 42.9 Å². The Morgan fingerprint density at radius 1 is 1.32 bits per heavy atom. The van der Waals surface area contributed by atoms with Crippen LogP contribution in [-0.4, -0.2) is 40.8 Å². The first-order valence-electron chi connectivity index (χ1n) is 9.08. The van der Waals surface area contributed by atoms with E-state index < -0.39 is 0 Å². The molecular weight excluding hydrogens is 314 g/mol. The highest BCUT2D eigenvalue weighted by Gasteiger charge is 2.54. The van der Waals surface area contributed by atoms with Gasteiger partial charge >= 0.3 is 0 Å². The fourth-order valence-electron chi connectivity index (χ4n) is 4.05. The standard InChI is InChI=1S/C20H25N3O2/c1-15-12-21-23(13-15)16-6-5-11-22(14-16)19(24)20(9-10-20)17-7-3-4-8-18(17)25-2/h3-4,7-8,12-13,16H,5-6,9-11,14H2,1-2H3. The summed E-state index contributed by atoms with van der Waals surface area (Å²) >= 11 is 0. The number of hydrogen-bond acceptors (Lipinski definition) is 3. The van der Waals surface area contributed by atoms with Crippen molar-refractivity contribution in [2.45, 2.75) is 44.1 Å². The fraction of sp³-hybridized carbons (Fsp3) is 0.500. The molecule has 2 fully saturated rings. The number of rotatable bonds is 4. The van der Waals surface area contributed by atoms with Crippen LogP contribution in [0.2, 0.25) is 0 Å². The number of ether oxygens (including phenoxy) is 1. The van der Waals surface area contributed by atoms with E-state index in [1.54, 1.807) is 7.11 Å². The number of para-hydroxylation sites is 1. The van der Waals surface area contributed by atoms with Gasteiger partial charge in [0.1, 0.15) is 5.75 Å². The number of likely N-dealkylation sites (tertiary alicyclic amines) is 1. The molecule has 1 saturated carbocycles. The molecule has 2 aliphatic rings. The lowest BCUT2D eigenvalue weighted by Crippen LogP contribution is -2.45. The molecule has 1 aliphatic carbocycles. The number of aryl methyl sites for hydroxylation is 1. The Kier molecular flexibility index (Phi) is 4.02. The molecule has 1 unspecified atom stereocenters. The van der Waals surface area contributed by atoms with Crippen molar-refractivity contribution in [3.8, 4) is 5.75 Å². The molecule has 5 heteroatoms. The Labute approximate surface area is 148 Å². The Morgan fingerprint density at radius 3 is 2.80 bits per heavy atom. The molecule has 1 aromatic heterocycles. The number of carbonyl (C=O) groups excluding carboxylic acids is 1. The third kappa shape index (κ3) is 2.81. The van der Waals surface area contributed by atoms with Crippen molar-refractivity contribution in [3.05, 3.63) is 47.8 Å². The normalized spacial score (nSPS) is 21.8. The van der Waals surface area contributed by atoms with E-state index in [9.17, 15) is 4.79 Å². The van der Waals surface area contributed by atoms with Gasteiger partial charge in [-0.15, -0.1) is 0 Å². The molecule has 5 nitrogen and oxygen atoms in total. The summed E-state index contributed by atoms with van der Waals surface area (Å²) in [5.41, 5.74) is 1.82. The molecule has 2 heterocycles. The first-order chi connectivity index (χ1) is 12.1. The smallest absolute Gasteiger partial charge is 0.233 e. The third-order valence-corrected chi connectivity index (χ3v) is 5.57. The molecule has 1 amide bonds. The van der Waals surface area contributed by atoms with Crippen LogP contribution in [0, 0.1) is 6.92 Å². The average molecular weight is 339 g/mol. The molecule has 1 aromatic carbocycles. The summed E-state index contributed by atoms with van der Waals surface area (Å²) in [6.45, 7) is 3.64. The highest BCUT2D eigenvalue weighted by atomic mass is 16.5. The molecule has 1 saturated heterocycles. The third-order valence-electron chi connectivity index (χ3n) is 5.57. The molecule has 1 atom stereocenters. The van der Waals surface area contributed by atoms with Crippen molar-refractivity contribution in [1.29, 1.82) is 0 Å². The van der Waals surface area contributed by atoms with Crippen LogP contribution in [-0.2, 0) is 10.2 Å². The summed E-state index contributed by atoms with van der Waals surface area (Å²) < 4.78 is 7.54. The van der Waals surface area contributed by atoms with Crippen molar-refractivity contribution < 1.29 is 9.53 Å². The zero-order chi connectivity index (χ0) is 17.4. The lowest BCUT2D eigenvalue weighted by molar-refractivity contribution is -0.135. The number of hydrogen-bond donors (Lipinski definition) is 0. The molecule has 0 N–H and O–H groups in total. The van der Waals surface area contributed by atoms with Crippen molar-refractivity contribution >= 4 is 5.91 Å². The first kappa shape index (κ1) is 16.2.